The summed E-state index contributed by atoms with van der Waals surface area (Å²) >= 11 is 0. The zero-order valence-electron chi connectivity index (χ0n) is 16.8. The van der Waals surface area contributed by atoms with Crippen molar-refractivity contribution in [2.45, 2.75) is 52.1 Å². The van der Waals surface area contributed by atoms with Gasteiger partial charge in [-0.2, -0.15) is 0 Å². The Labute approximate surface area is 167 Å². The Balaban J connectivity index is 1.77. The van der Waals surface area contributed by atoms with Crippen molar-refractivity contribution >= 4 is 11.8 Å². The maximum Gasteiger partial charge on any atom is 0.272 e. The summed E-state index contributed by atoms with van der Waals surface area (Å²) in [6.45, 7) is 6.00. The number of aromatic nitrogens is 1. The van der Waals surface area contributed by atoms with Gasteiger partial charge in [0.1, 0.15) is 5.69 Å². The predicted molar refractivity (Wildman–Crippen MR) is 110 cm³/mol. The molecular weight excluding hydrogens is 350 g/mol. The molecule has 1 aromatic heterocycles. The van der Waals surface area contributed by atoms with Gasteiger partial charge in [0.05, 0.1) is 0 Å². The second-order valence-corrected chi connectivity index (χ2v) is 7.29. The highest BCUT2D eigenvalue weighted by Crippen LogP contribution is 2.22. The number of nitrogens with zero attached hydrogens (tertiary/aromatic N) is 3. The van der Waals surface area contributed by atoms with E-state index < -0.39 is 0 Å². The monoisotopic (exact) mass is 379 g/mol. The van der Waals surface area contributed by atoms with Gasteiger partial charge in [0, 0.05) is 37.4 Å². The van der Waals surface area contributed by atoms with Gasteiger partial charge in [0.25, 0.3) is 11.8 Å². The van der Waals surface area contributed by atoms with Crippen molar-refractivity contribution in [3.63, 3.8) is 0 Å². The highest BCUT2D eigenvalue weighted by molar-refractivity contribution is 5.98. The molecule has 1 unspecified atom stereocenters. The minimum Gasteiger partial charge on any atom is -0.335 e. The molecule has 5 heteroatoms. The van der Waals surface area contributed by atoms with Gasteiger partial charge in [0.15, 0.2) is 0 Å². The number of piperidine rings is 1. The van der Waals surface area contributed by atoms with Crippen molar-refractivity contribution in [1.82, 2.24) is 14.8 Å². The van der Waals surface area contributed by atoms with Crippen LogP contribution >= 0.6 is 0 Å². The van der Waals surface area contributed by atoms with Crippen LogP contribution in [0.3, 0.4) is 0 Å². The van der Waals surface area contributed by atoms with Crippen molar-refractivity contribution < 1.29 is 9.59 Å². The zero-order valence-corrected chi connectivity index (χ0v) is 16.8. The smallest absolute Gasteiger partial charge is 0.272 e. The van der Waals surface area contributed by atoms with Crippen LogP contribution in [0.1, 0.15) is 65.9 Å². The lowest BCUT2D eigenvalue weighted by Gasteiger charge is -2.35. The minimum atomic E-state index is -0.0755. The van der Waals surface area contributed by atoms with Gasteiger partial charge >= 0.3 is 0 Å². The zero-order chi connectivity index (χ0) is 19.9. The van der Waals surface area contributed by atoms with Crippen molar-refractivity contribution in [2.75, 3.05) is 13.1 Å². The molecule has 148 valence electrons. The molecule has 1 fully saturated rings. The summed E-state index contributed by atoms with van der Waals surface area (Å²) in [5.41, 5.74) is 1.96. The first-order valence-electron chi connectivity index (χ1n) is 10.2. The third-order valence-corrected chi connectivity index (χ3v) is 5.47. The molecule has 0 spiro atoms. The summed E-state index contributed by atoms with van der Waals surface area (Å²) in [6, 6.07) is 13.6. The summed E-state index contributed by atoms with van der Waals surface area (Å²) in [6.07, 6.45) is 5.76. The Morgan fingerprint density at radius 3 is 2.64 bits per heavy atom. The maximum absolute atomic E-state index is 13.0. The standard InChI is InChI=1S/C23H29N3O2/c1-3-20-12-8-9-15-26(20)23(28)21-16-19(13-14-24-21)22(27)25(4-2)17-18-10-6-5-7-11-18/h5-7,10-11,13-14,16,20H,3-4,8-9,12,15,17H2,1-2H3. The number of rotatable bonds is 6. The SMILES string of the molecule is CCC1CCCCN1C(=O)c1cc(C(=O)N(CC)Cc2ccccc2)ccn1. The molecule has 0 radical (unpaired) electrons. The minimum absolute atomic E-state index is 0.0627. The molecule has 3 rings (SSSR count). The number of pyridine rings is 1. The number of benzene rings is 1. The van der Waals surface area contributed by atoms with Crippen LogP contribution in [0.25, 0.3) is 0 Å². The fourth-order valence-corrected chi connectivity index (χ4v) is 3.83. The Bertz CT molecular complexity index is 807. The number of amides is 2. The lowest BCUT2D eigenvalue weighted by molar-refractivity contribution is 0.0602. The highest BCUT2D eigenvalue weighted by Gasteiger charge is 2.27. The summed E-state index contributed by atoms with van der Waals surface area (Å²) in [5, 5.41) is 0. The van der Waals surface area contributed by atoms with Gasteiger partial charge in [0.2, 0.25) is 0 Å². The van der Waals surface area contributed by atoms with Crippen LogP contribution in [-0.4, -0.2) is 45.7 Å². The average molecular weight is 380 g/mol. The van der Waals surface area contributed by atoms with Gasteiger partial charge in [-0.3, -0.25) is 14.6 Å². The number of carbonyl (C=O) groups is 2. The molecule has 2 amide bonds. The highest BCUT2D eigenvalue weighted by atomic mass is 16.2. The summed E-state index contributed by atoms with van der Waals surface area (Å²) in [7, 11) is 0. The topological polar surface area (TPSA) is 53.5 Å². The first-order chi connectivity index (χ1) is 13.6. The molecule has 5 nitrogen and oxygen atoms in total. The number of likely N-dealkylation sites (tertiary alicyclic amines) is 1. The molecular formula is C23H29N3O2. The number of hydrogen-bond donors (Lipinski definition) is 0. The van der Waals surface area contributed by atoms with E-state index in [2.05, 4.69) is 11.9 Å². The quantitative estimate of drug-likeness (QED) is 0.758. The number of hydrogen-bond acceptors (Lipinski definition) is 3. The van der Waals surface area contributed by atoms with E-state index in [4.69, 9.17) is 0 Å². The Kier molecular flexibility index (Phi) is 6.80. The van der Waals surface area contributed by atoms with Crippen LogP contribution in [0, 0.1) is 0 Å². The molecule has 0 bridgehead atoms. The predicted octanol–water partition coefficient (Wildman–Crippen LogP) is 4.15. The van der Waals surface area contributed by atoms with Crippen LogP contribution < -0.4 is 0 Å². The molecule has 1 saturated heterocycles. The molecule has 1 atom stereocenters. The van der Waals surface area contributed by atoms with Crippen LogP contribution in [0.5, 0.6) is 0 Å². The van der Waals surface area contributed by atoms with Gasteiger partial charge in [-0.05, 0) is 50.3 Å². The maximum atomic E-state index is 13.0. The lowest BCUT2D eigenvalue weighted by atomic mass is 9.99. The molecule has 1 aliphatic rings. The second-order valence-electron chi connectivity index (χ2n) is 7.29. The van der Waals surface area contributed by atoms with Gasteiger partial charge in [-0.1, -0.05) is 37.3 Å². The van der Waals surface area contributed by atoms with E-state index in [0.717, 1.165) is 31.4 Å². The van der Waals surface area contributed by atoms with Crippen molar-refractivity contribution in [1.29, 1.82) is 0 Å². The second kappa shape index (κ2) is 9.49. The Morgan fingerprint density at radius 2 is 1.93 bits per heavy atom. The van der Waals surface area contributed by atoms with E-state index in [1.807, 2.05) is 42.2 Å². The molecule has 1 aliphatic heterocycles. The molecule has 0 N–H and O–H groups in total. The van der Waals surface area contributed by atoms with E-state index >= 15 is 0 Å². The first kappa shape index (κ1) is 20.1. The van der Waals surface area contributed by atoms with Crippen LogP contribution in [0.2, 0.25) is 0 Å². The van der Waals surface area contributed by atoms with Crippen molar-refractivity contribution in [2.24, 2.45) is 0 Å². The van der Waals surface area contributed by atoms with Gasteiger partial charge in [-0.15, -0.1) is 0 Å². The first-order valence-corrected chi connectivity index (χ1v) is 10.2. The van der Waals surface area contributed by atoms with Crippen LogP contribution in [-0.2, 0) is 6.54 Å². The van der Waals surface area contributed by atoms with E-state index in [9.17, 15) is 9.59 Å². The molecule has 1 aromatic carbocycles. The Morgan fingerprint density at radius 1 is 1.14 bits per heavy atom. The van der Waals surface area contributed by atoms with Crippen molar-refractivity contribution in [3.8, 4) is 0 Å². The average Bonchev–Trinajstić information content (AvgIpc) is 2.77. The molecule has 0 saturated carbocycles. The van der Waals surface area contributed by atoms with Gasteiger partial charge < -0.3 is 9.80 Å². The van der Waals surface area contributed by atoms with Gasteiger partial charge in [-0.25, -0.2) is 0 Å². The summed E-state index contributed by atoms with van der Waals surface area (Å²) in [5.74, 6) is -0.138. The van der Waals surface area contributed by atoms with Crippen molar-refractivity contribution in [3.05, 3.63) is 65.5 Å². The van der Waals surface area contributed by atoms with E-state index in [0.29, 0.717) is 24.3 Å². The number of carbonyl (C=O) groups excluding carboxylic acids is 2. The summed E-state index contributed by atoms with van der Waals surface area (Å²) in [4.78, 5) is 34.0. The lowest BCUT2D eigenvalue weighted by Crippen LogP contribution is -2.43. The summed E-state index contributed by atoms with van der Waals surface area (Å²) < 4.78 is 0. The normalized spacial score (nSPS) is 16.6. The molecule has 2 heterocycles. The van der Waals surface area contributed by atoms with Crippen LogP contribution in [0.15, 0.2) is 48.7 Å². The third-order valence-electron chi connectivity index (χ3n) is 5.47. The molecule has 0 aliphatic carbocycles. The third kappa shape index (κ3) is 4.58. The largest absolute Gasteiger partial charge is 0.335 e. The van der Waals surface area contributed by atoms with E-state index in [1.165, 1.54) is 6.42 Å². The van der Waals surface area contributed by atoms with Crippen LogP contribution in [0.4, 0.5) is 0 Å². The fourth-order valence-electron chi connectivity index (χ4n) is 3.83. The molecule has 2 aromatic rings. The Hall–Kier alpha value is -2.69. The van der Waals surface area contributed by atoms with E-state index in [-0.39, 0.29) is 17.9 Å². The van der Waals surface area contributed by atoms with E-state index in [1.54, 1.807) is 23.2 Å². The fraction of sp³-hybridized carbons (Fsp3) is 0.435. The molecule has 28 heavy (non-hydrogen) atoms.